The van der Waals surface area contributed by atoms with E-state index in [1.807, 2.05) is 0 Å². The maximum Gasteiger partial charge on any atom is 0.371 e. The van der Waals surface area contributed by atoms with Gasteiger partial charge in [0, 0.05) is 0 Å². The average Bonchev–Trinajstić information content (AvgIpc) is 2.75. The molecule has 9 heteroatoms. The summed E-state index contributed by atoms with van der Waals surface area (Å²) in [6, 6.07) is 2.18. The molecule has 0 bridgehead atoms. The number of aromatic carboxylic acids is 1. The smallest absolute Gasteiger partial charge is 0.371 e. The Morgan fingerprint density at radius 1 is 1.05 bits per heavy atom. The van der Waals surface area contributed by atoms with E-state index < -0.39 is 42.5 Å². The third-order valence-electron chi connectivity index (χ3n) is 2.01. The molecule has 0 unspecified atom stereocenters. The lowest BCUT2D eigenvalue weighted by atomic mass is 10.3. The summed E-state index contributed by atoms with van der Waals surface area (Å²) in [7, 11) is 0. The van der Waals surface area contributed by atoms with Crippen LogP contribution in [0.1, 0.15) is 21.1 Å². The third-order valence-corrected chi connectivity index (χ3v) is 2.01. The topological polar surface area (TPSA) is 157 Å². The Balaban J connectivity index is 2.93. The first-order valence-electron chi connectivity index (χ1n) is 5.00. The van der Waals surface area contributed by atoms with Crippen molar-refractivity contribution < 1.29 is 28.7 Å². The van der Waals surface area contributed by atoms with Crippen molar-refractivity contribution in [1.29, 1.82) is 0 Å². The number of hydrogen-bond acceptors (Lipinski definition) is 5. The highest BCUT2D eigenvalue weighted by molar-refractivity contribution is 5.97. The van der Waals surface area contributed by atoms with Crippen LogP contribution in [0.3, 0.4) is 0 Å². The van der Waals surface area contributed by atoms with E-state index in [0.717, 1.165) is 17.0 Å². The molecule has 19 heavy (non-hydrogen) atoms. The van der Waals surface area contributed by atoms with Crippen molar-refractivity contribution in [2.45, 2.75) is 0 Å². The molecule has 0 saturated heterocycles. The van der Waals surface area contributed by atoms with Crippen LogP contribution in [0, 0.1) is 0 Å². The molecule has 5 N–H and O–H groups in total. The molecule has 0 aromatic carbocycles. The van der Waals surface area contributed by atoms with Crippen molar-refractivity contribution in [3.05, 3.63) is 23.7 Å². The number of carbonyl (C=O) groups is 4. The number of carboxylic acid groups (broad SMARTS) is 1. The van der Waals surface area contributed by atoms with E-state index in [1.165, 1.54) is 0 Å². The molecule has 0 fully saturated rings. The fourth-order valence-corrected chi connectivity index (χ4v) is 1.30. The molecule has 0 spiro atoms. The first kappa shape index (κ1) is 14.2. The molecule has 0 aliphatic rings. The fraction of sp³-hybridized carbons (Fsp3) is 0.200. The van der Waals surface area contributed by atoms with Crippen molar-refractivity contribution in [2.75, 3.05) is 13.1 Å². The highest BCUT2D eigenvalue weighted by Gasteiger charge is 2.23. The van der Waals surface area contributed by atoms with Gasteiger partial charge in [-0.2, -0.15) is 0 Å². The molecule has 9 nitrogen and oxygen atoms in total. The molecule has 1 heterocycles. The van der Waals surface area contributed by atoms with Gasteiger partial charge in [0.2, 0.25) is 17.6 Å². The van der Waals surface area contributed by atoms with Crippen molar-refractivity contribution in [1.82, 2.24) is 4.90 Å². The van der Waals surface area contributed by atoms with Crippen LogP contribution in [0.15, 0.2) is 16.5 Å². The molecule has 0 saturated carbocycles. The monoisotopic (exact) mass is 269 g/mol. The van der Waals surface area contributed by atoms with E-state index in [4.69, 9.17) is 21.0 Å². The van der Waals surface area contributed by atoms with Gasteiger partial charge in [0.05, 0.1) is 0 Å². The van der Waals surface area contributed by atoms with Crippen LogP contribution in [0.2, 0.25) is 0 Å². The first-order valence-corrected chi connectivity index (χ1v) is 5.00. The zero-order valence-corrected chi connectivity index (χ0v) is 9.66. The number of primary amides is 2. The number of nitrogens with two attached hydrogens (primary N) is 2. The van der Waals surface area contributed by atoms with Crippen LogP contribution in [0.4, 0.5) is 0 Å². The number of rotatable bonds is 6. The quantitative estimate of drug-likeness (QED) is 0.563. The normalized spacial score (nSPS) is 9.89. The number of amides is 3. The standard InChI is InChI=1S/C10H11N3O6/c11-7(14)3-13(4-8(12)15)9(16)5-1-2-6(19-5)10(17)18/h1-2H,3-4H2,(H2,11,14)(H2,12,15)(H,17,18). The largest absolute Gasteiger partial charge is 0.475 e. The Morgan fingerprint density at radius 3 is 1.89 bits per heavy atom. The van der Waals surface area contributed by atoms with Crippen LogP contribution in [0.5, 0.6) is 0 Å². The predicted octanol–water partition coefficient (Wildman–Crippen LogP) is -1.61. The molecule has 0 aliphatic carbocycles. The van der Waals surface area contributed by atoms with Crippen LogP contribution < -0.4 is 11.5 Å². The minimum atomic E-state index is -1.35. The number of carbonyl (C=O) groups excluding carboxylic acids is 3. The second-order valence-corrected chi connectivity index (χ2v) is 3.56. The summed E-state index contributed by atoms with van der Waals surface area (Å²) < 4.78 is 4.76. The molecule has 1 rings (SSSR count). The van der Waals surface area contributed by atoms with Gasteiger partial charge in [0.25, 0.3) is 5.91 Å². The average molecular weight is 269 g/mol. The summed E-state index contributed by atoms with van der Waals surface area (Å²) in [5, 5.41) is 8.64. The molecular weight excluding hydrogens is 258 g/mol. The Hall–Kier alpha value is -2.84. The van der Waals surface area contributed by atoms with Crippen molar-refractivity contribution in [3.8, 4) is 0 Å². The molecule has 1 aromatic rings. The fourth-order valence-electron chi connectivity index (χ4n) is 1.30. The van der Waals surface area contributed by atoms with Crippen molar-refractivity contribution in [2.24, 2.45) is 11.5 Å². The Bertz CT molecular complexity index is 519. The van der Waals surface area contributed by atoms with E-state index in [2.05, 4.69) is 0 Å². The number of furan rings is 1. The van der Waals surface area contributed by atoms with E-state index in [1.54, 1.807) is 0 Å². The number of carboxylic acids is 1. The van der Waals surface area contributed by atoms with E-state index in [0.29, 0.717) is 0 Å². The van der Waals surface area contributed by atoms with Gasteiger partial charge < -0.3 is 25.9 Å². The summed E-state index contributed by atoms with van der Waals surface area (Å²) in [5.41, 5.74) is 9.86. The van der Waals surface area contributed by atoms with Crippen LogP contribution in [0.25, 0.3) is 0 Å². The maximum atomic E-state index is 11.9. The first-order chi connectivity index (χ1) is 8.81. The maximum absolute atomic E-state index is 11.9. The highest BCUT2D eigenvalue weighted by Crippen LogP contribution is 2.10. The third kappa shape index (κ3) is 3.84. The van der Waals surface area contributed by atoms with Gasteiger partial charge in [0.1, 0.15) is 13.1 Å². The van der Waals surface area contributed by atoms with Gasteiger partial charge in [-0.05, 0) is 12.1 Å². The van der Waals surface area contributed by atoms with Gasteiger partial charge in [-0.15, -0.1) is 0 Å². The van der Waals surface area contributed by atoms with Gasteiger partial charge in [0.15, 0.2) is 5.76 Å². The van der Waals surface area contributed by atoms with Gasteiger partial charge >= 0.3 is 5.97 Å². The Morgan fingerprint density at radius 2 is 1.53 bits per heavy atom. The summed E-state index contributed by atoms with van der Waals surface area (Å²) >= 11 is 0. The van der Waals surface area contributed by atoms with Crippen molar-refractivity contribution in [3.63, 3.8) is 0 Å². The summed E-state index contributed by atoms with van der Waals surface area (Å²) in [6.07, 6.45) is 0. The Kier molecular flexibility index (Phi) is 4.24. The zero-order chi connectivity index (χ0) is 14.6. The molecule has 0 aliphatic heterocycles. The summed E-state index contributed by atoms with van der Waals surface area (Å²) in [4.78, 5) is 44.8. The lowest BCUT2D eigenvalue weighted by Gasteiger charge is -2.17. The molecule has 3 amide bonds. The second-order valence-electron chi connectivity index (χ2n) is 3.56. The molecule has 0 atom stereocenters. The molecular formula is C10H11N3O6. The highest BCUT2D eigenvalue weighted by atomic mass is 16.4. The lowest BCUT2D eigenvalue weighted by Crippen LogP contribution is -2.43. The zero-order valence-electron chi connectivity index (χ0n) is 9.66. The van der Waals surface area contributed by atoms with Crippen LogP contribution in [-0.2, 0) is 9.59 Å². The SMILES string of the molecule is NC(=O)CN(CC(N)=O)C(=O)c1ccc(C(=O)O)o1. The molecule has 102 valence electrons. The molecule has 0 radical (unpaired) electrons. The number of nitrogens with zero attached hydrogens (tertiary/aromatic N) is 1. The van der Waals surface area contributed by atoms with Gasteiger partial charge in [-0.3, -0.25) is 14.4 Å². The minimum absolute atomic E-state index is 0.333. The summed E-state index contributed by atoms with van der Waals surface area (Å²) in [5.74, 6) is -4.68. The Labute approximate surface area is 106 Å². The second kappa shape index (κ2) is 5.67. The van der Waals surface area contributed by atoms with Crippen molar-refractivity contribution >= 4 is 23.7 Å². The van der Waals surface area contributed by atoms with E-state index in [-0.39, 0.29) is 5.76 Å². The van der Waals surface area contributed by atoms with E-state index in [9.17, 15) is 19.2 Å². The molecule has 1 aromatic heterocycles. The van der Waals surface area contributed by atoms with E-state index >= 15 is 0 Å². The summed E-state index contributed by atoms with van der Waals surface area (Å²) in [6.45, 7) is -1.07. The number of hydrogen-bond donors (Lipinski definition) is 3. The predicted molar refractivity (Wildman–Crippen MR) is 60.0 cm³/mol. The minimum Gasteiger partial charge on any atom is -0.475 e. The van der Waals surface area contributed by atoms with Gasteiger partial charge in [-0.1, -0.05) is 0 Å². The van der Waals surface area contributed by atoms with Crippen LogP contribution in [-0.4, -0.2) is 46.8 Å². The lowest BCUT2D eigenvalue weighted by molar-refractivity contribution is -0.121. The van der Waals surface area contributed by atoms with Crippen LogP contribution >= 0.6 is 0 Å². The van der Waals surface area contributed by atoms with Gasteiger partial charge in [-0.25, -0.2) is 4.79 Å².